The minimum atomic E-state index is 0.449. The number of nitrogens with one attached hydrogen (secondary N) is 1. The Morgan fingerprint density at radius 2 is 0.944 bits per heavy atom. The third kappa shape index (κ3) is 8.47. The van der Waals surface area contributed by atoms with Gasteiger partial charge in [-0.05, 0) is 79.2 Å². The first-order valence-electron chi connectivity index (χ1n) is 15.6. The molecule has 1 heteroatoms. The van der Waals surface area contributed by atoms with Crippen LogP contribution in [-0.2, 0) is 0 Å². The predicted octanol–water partition coefficient (Wildman–Crippen LogP) is 10.5. The standard InChI is InChI=1S/C35H55N/c1-5-9-14-28(15-10-6-2)30-19-23-32(24-20-30)35(34-18-13-27-36-34)33-25-21-31(22-26-33)29(16-11-7-3)17-12-8-4/h19-26,28-29,34-36H,5-18,27H2,1-4H3/t34-/m1/s1. The molecule has 0 saturated carbocycles. The fraction of sp³-hybridized carbons (Fsp3) is 0.657. The lowest BCUT2D eigenvalue weighted by molar-refractivity contribution is 0.521. The molecule has 0 radical (unpaired) electrons. The topological polar surface area (TPSA) is 12.0 Å². The van der Waals surface area contributed by atoms with Crippen LogP contribution in [0.3, 0.4) is 0 Å². The van der Waals surface area contributed by atoms with E-state index in [4.69, 9.17) is 0 Å². The fourth-order valence-electron chi connectivity index (χ4n) is 6.36. The van der Waals surface area contributed by atoms with Gasteiger partial charge < -0.3 is 5.32 Å². The lowest BCUT2D eigenvalue weighted by Gasteiger charge is -2.27. The van der Waals surface area contributed by atoms with Crippen molar-refractivity contribution in [3.05, 3.63) is 70.8 Å². The van der Waals surface area contributed by atoms with E-state index >= 15 is 0 Å². The second-order valence-corrected chi connectivity index (χ2v) is 11.5. The number of unbranched alkanes of at least 4 members (excludes halogenated alkanes) is 4. The van der Waals surface area contributed by atoms with E-state index in [0.29, 0.717) is 12.0 Å². The zero-order valence-electron chi connectivity index (χ0n) is 24.0. The first-order chi connectivity index (χ1) is 17.7. The molecule has 0 bridgehead atoms. The Bertz CT molecular complexity index is 735. The van der Waals surface area contributed by atoms with Crippen LogP contribution in [0.15, 0.2) is 48.5 Å². The van der Waals surface area contributed by atoms with Crippen molar-refractivity contribution in [2.45, 2.75) is 141 Å². The molecule has 1 aliphatic rings. The molecule has 3 rings (SSSR count). The van der Waals surface area contributed by atoms with Crippen LogP contribution in [0.5, 0.6) is 0 Å². The molecule has 36 heavy (non-hydrogen) atoms. The molecular formula is C35H55N. The lowest BCUT2D eigenvalue weighted by Crippen LogP contribution is -2.29. The largest absolute Gasteiger partial charge is 0.313 e. The van der Waals surface area contributed by atoms with Crippen molar-refractivity contribution in [3.8, 4) is 0 Å². The third-order valence-electron chi connectivity index (χ3n) is 8.66. The molecule has 1 saturated heterocycles. The van der Waals surface area contributed by atoms with E-state index in [1.165, 1.54) is 101 Å². The highest BCUT2D eigenvalue weighted by molar-refractivity contribution is 5.39. The molecule has 1 atom stereocenters. The van der Waals surface area contributed by atoms with Crippen molar-refractivity contribution in [2.75, 3.05) is 6.54 Å². The van der Waals surface area contributed by atoms with Crippen LogP contribution in [0.4, 0.5) is 0 Å². The Labute approximate surface area is 223 Å². The van der Waals surface area contributed by atoms with Gasteiger partial charge in [-0.25, -0.2) is 0 Å². The molecule has 0 amide bonds. The van der Waals surface area contributed by atoms with Crippen molar-refractivity contribution in [1.29, 1.82) is 0 Å². The average molecular weight is 490 g/mol. The number of benzene rings is 2. The minimum absolute atomic E-state index is 0.449. The molecule has 0 aromatic heterocycles. The summed E-state index contributed by atoms with van der Waals surface area (Å²) < 4.78 is 0. The number of rotatable bonds is 17. The maximum Gasteiger partial charge on any atom is 0.0243 e. The Hall–Kier alpha value is -1.60. The first-order valence-corrected chi connectivity index (χ1v) is 15.6. The Kier molecular flexibility index (Phi) is 13.1. The van der Waals surface area contributed by atoms with Crippen molar-refractivity contribution in [3.63, 3.8) is 0 Å². The predicted molar refractivity (Wildman–Crippen MR) is 159 cm³/mol. The number of hydrogen-bond donors (Lipinski definition) is 1. The van der Waals surface area contributed by atoms with Crippen molar-refractivity contribution >= 4 is 0 Å². The van der Waals surface area contributed by atoms with Gasteiger partial charge in [-0.2, -0.15) is 0 Å². The van der Waals surface area contributed by atoms with Crippen LogP contribution in [0.25, 0.3) is 0 Å². The molecule has 2 aromatic rings. The van der Waals surface area contributed by atoms with Crippen molar-refractivity contribution in [2.24, 2.45) is 0 Å². The maximum absolute atomic E-state index is 3.84. The van der Waals surface area contributed by atoms with Gasteiger partial charge in [0, 0.05) is 12.0 Å². The summed E-state index contributed by atoms with van der Waals surface area (Å²) in [6.45, 7) is 10.4. The first kappa shape index (κ1) is 29.0. The second-order valence-electron chi connectivity index (χ2n) is 11.5. The van der Waals surface area contributed by atoms with E-state index in [9.17, 15) is 0 Å². The Morgan fingerprint density at radius 3 is 1.25 bits per heavy atom. The van der Waals surface area contributed by atoms with E-state index in [-0.39, 0.29) is 0 Å². The van der Waals surface area contributed by atoms with Gasteiger partial charge in [0.15, 0.2) is 0 Å². The van der Waals surface area contributed by atoms with E-state index in [2.05, 4.69) is 81.5 Å². The van der Waals surface area contributed by atoms with E-state index < -0.39 is 0 Å². The third-order valence-corrected chi connectivity index (χ3v) is 8.66. The molecule has 1 heterocycles. The van der Waals surface area contributed by atoms with Gasteiger partial charge in [-0.3, -0.25) is 0 Å². The summed E-state index contributed by atoms with van der Waals surface area (Å²) >= 11 is 0. The smallest absolute Gasteiger partial charge is 0.0243 e. The van der Waals surface area contributed by atoms with Crippen LogP contribution in [-0.4, -0.2) is 12.6 Å². The lowest BCUT2D eigenvalue weighted by atomic mass is 9.81. The number of hydrogen-bond acceptors (Lipinski definition) is 1. The molecule has 1 nitrogen and oxygen atoms in total. The Balaban J connectivity index is 1.82. The SMILES string of the molecule is CCCCC(CCCC)c1ccc(C(c2ccc(C(CCCC)CCCC)cc2)[C@H]2CCCN2)cc1. The summed E-state index contributed by atoms with van der Waals surface area (Å²) in [6, 6.07) is 20.3. The minimum Gasteiger partial charge on any atom is -0.313 e. The molecule has 1 fully saturated rings. The quantitative estimate of drug-likeness (QED) is 0.233. The van der Waals surface area contributed by atoms with Crippen LogP contribution < -0.4 is 5.32 Å². The molecule has 0 spiro atoms. The maximum atomic E-state index is 3.84. The van der Waals surface area contributed by atoms with Crippen molar-refractivity contribution in [1.82, 2.24) is 5.32 Å². The highest BCUT2D eigenvalue weighted by Crippen LogP contribution is 2.36. The monoisotopic (exact) mass is 489 g/mol. The molecule has 2 aromatic carbocycles. The van der Waals surface area contributed by atoms with Gasteiger partial charge in [0.2, 0.25) is 0 Å². The summed E-state index contributed by atoms with van der Waals surface area (Å²) in [5, 5.41) is 3.84. The fourth-order valence-corrected chi connectivity index (χ4v) is 6.36. The van der Waals surface area contributed by atoms with Crippen molar-refractivity contribution < 1.29 is 0 Å². The summed E-state index contributed by atoms with van der Waals surface area (Å²) in [5.74, 6) is 1.90. The van der Waals surface area contributed by atoms with E-state index in [1.807, 2.05) is 0 Å². The molecular weight excluding hydrogens is 434 g/mol. The van der Waals surface area contributed by atoms with Gasteiger partial charge in [0.25, 0.3) is 0 Å². The molecule has 0 unspecified atom stereocenters. The molecule has 0 aliphatic carbocycles. The normalized spacial score (nSPS) is 16.0. The van der Waals surface area contributed by atoms with E-state index in [1.54, 1.807) is 11.1 Å². The second kappa shape index (κ2) is 16.3. The van der Waals surface area contributed by atoms with E-state index in [0.717, 1.165) is 18.4 Å². The zero-order valence-corrected chi connectivity index (χ0v) is 24.0. The highest BCUT2D eigenvalue weighted by Gasteiger charge is 2.28. The van der Waals surface area contributed by atoms with Gasteiger partial charge in [0.05, 0.1) is 0 Å². The summed E-state index contributed by atoms with van der Waals surface area (Å²) in [6.07, 6.45) is 18.5. The van der Waals surface area contributed by atoms with Gasteiger partial charge in [-0.15, -0.1) is 0 Å². The van der Waals surface area contributed by atoms with Gasteiger partial charge in [0.1, 0.15) is 0 Å². The van der Waals surface area contributed by atoms with Crippen LogP contribution in [0, 0.1) is 0 Å². The summed E-state index contributed by atoms with van der Waals surface area (Å²) in [5.41, 5.74) is 6.10. The highest BCUT2D eigenvalue weighted by atomic mass is 14.9. The average Bonchev–Trinajstić information content (AvgIpc) is 3.45. The molecule has 200 valence electrons. The summed E-state index contributed by atoms with van der Waals surface area (Å²) in [7, 11) is 0. The van der Waals surface area contributed by atoms with Crippen LogP contribution >= 0.6 is 0 Å². The molecule has 1 N–H and O–H groups in total. The van der Waals surface area contributed by atoms with Gasteiger partial charge >= 0.3 is 0 Å². The van der Waals surface area contributed by atoms with Crippen LogP contribution in [0.1, 0.15) is 158 Å². The zero-order chi connectivity index (χ0) is 25.6. The van der Waals surface area contributed by atoms with Crippen LogP contribution in [0.2, 0.25) is 0 Å². The Morgan fingerprint density at radius 1 is 0.583 bits per heavy atom. The summed E-state index contributed by atoms with van der Waals surface area (Å²) in [4.78, 5) is 0. The molecule has 1 aliphatic heterocycles. The van der Waals surface area contributed by atoms with Gasteiger partial charge in [-0.1, -0.05) is 128 Å².